The monoisotopic (exact) mass is 369 g/mol. The Morgan fingerprint density at radius 1 is 1.26 bits per heavy atom. The van der Waals surface area contributed by atoms with Crippen LogP contribution in [0.25, 0.3) is 0 Å². The van der Waals surface area contributed by atoms with Crippen LogP contribution < -0.4 is 16.0 Å². The van der Waals surface area contributed by atoms with Gasteiger partial charge < -0.3 is 16.0 Å². The van der Waals surface area contributed by atoms with Crippen molar-refractivity contribution in [1.82, 2.24) is 15.1 Å². The molecule has 144 valence electrons. The lowest BCUT2D eigenvalue weighted by Crippen LogP contribution is -2.28. The second-order valence-corrected chi connectivity index (χ2v) is 7.08. The van der Waals surface area contributed by atoms with Crippen LogP contribution in [0.15, 0.2) is 30.6 Å². The molecule has 1 aliphatic rings. The van der Waals surface area contributed by atoms with Gasteiger partial charge in [0.15, 0.2) is 0 Å². The molecule has 0 saturated carbocycles. The summed E-state index contributed by atoms with van der Waals surface area (Å²) in [6, 6.07) is 5.56. The van der Waals surface area contributed by atoms with Gasteiger partial charge in [-0.05, 0) is 36.6 Å². The Bertz CT molecular complexity index is 830. The van der Waals surface area contributed by atoms with Crippen LogP contribution in [0.4, 0.5) is 11.4 Å². The number of nitrogens with one attached hydrogen (secondary N) is 3. The van der Waals surface area contributed by atoms with Gasteiger partial charge in [0.1, 0.15) is 0 Å². The Morgan fingerprint density at radius 2 is 2.00 bits per heavy atom. The maximum Gasteiger partial charge on any atom is 0.229 e. The summed E-state index contributed by atoms with van der Waals surface area (Å²) in [5.74, 6) is -0.0897. The lowest BCUT2D eigenvalue weighted by atomic mass is 9.90. The second-order valence-electron chi connectivity index (χ2n) is 7.08. The first kappa shape index (κ1) is 19.1. The predicted octanol–water partition coefficient (Wildman–Crippen LogP) is 2.41. The molecule has 0 aliphatic carbocycles. The summed E-state index contributed by atoms with van der Waals surface area (Å²) in [4.78, 5) is 24.8. The van der Waals surface area contributed by atoms with E-state index in [9.17, 15) is 9.59 Å². The number of carbonyl (C=O) groups is 2. The maximum absolute atomic E-state index is 12.9. The minimum absolute atomic E-state index is 0.0132. The van der Waals surface area contributed by atoms with Crippen LogP contribution in [-0.2, 0) is 16.6 Å². The quantitative estimate of drug-likeness (QED) is 0.730. The third-order valence-corrected chi connectivity index (χ3v) is 5.05. The molecule has 2 aromatic rings. The summed E-state index contributed by atoms with van der Waals surface area (Å²) in [6.07, 6.45) is 5.07. The zero-order valence-electron chi connectivity index (χ0n) is 16.1. The number of hydrogen-bond acceptors (Lipinski definition) is 4. The van der Waals surface area contributed by atoms with Gasteiger partial charge in [0, 0.05) is 50.0 Å². The SMILES string of the molecule is CCCC(=O)Nc1cccc(NC(=O)[C@H]2CNC[C@@H]2c2cnn(C)c2)c1C. The van der Waals surface area contributed by atoms with E-state index in [1.807, 2.05) is 51.5 Å². The average Bonchev–Trinajstić information content (AvgIpc) is 3.27. The van der Waals surface area contributed by atoms with Crippen molar-refractivity contribution in [2.45, 2.75) is 32.6 Å². The minimum Gasteiger partial charge on any atom is -0.326 e. The van der Waals surface area contributed by atoms with Crippen LogP contribution in [0.3, 0.4) is 0 Å². The number of aromatic nitrogens is 2. The van der Waals surface area contributed by atoms with Crippen LogP contribution in [0.2, 0.25) is 0 Å². The van der Waals surface area contributed by atoms with Gasteiger partial charge in [-0.25, -0.2) is 0 Å². The molecule has 1 saturated heterocycles. The Kier molecular flexibility index (Phi) is 5.91. The van der Waals surface area contributed by atoms with Gasteiger partial charge in [0.25, 0.3) is 0 Å². The molecule has 1 aromatic heterocycles. The van der Waals surface area contributed by atoms with Crippen molar-refractivity contribution in [2.24, 2.45) is 13.0 Å². The molecule has 2 heterocycles. The highest BCUT2D eigenvalue weighted by atomic mass is 16.2. The molecule has 3 N–H and O–H groups in total. The number of hydrogen-bond donors (Lipinski definition) is 3. The summed E-state index contributed by atoms with van der Waals surface area (Å²) in [6.45, 7) is 5.27. The van der Waals surface area contributed by atoms with Gasteiger partial charge in [0.05, 0.1) is 12.1 Å². The zero-order valence-corrected chi connectivity index (χ0v) is 16.1. The van der Waals surface area contributed by atoms with E-state index in [0.29, 0.717) is 13.0 Å². The highest BCUT2D eigenvalue weighted by Gasteiger charge is 2.34. The molecule has 3 rings (SSSR count). The van der Waals surface area contributed by atoms with Crippen LogP contribution in [0.5, 0.6) is 0 Å². The fraction of sp³-hybridized carbons (Fsp3) is 0.450. The summed E-state index contributed by atoms with van der Waals surface area (Å²) in [5, 5.41) is 13.5. The molecular formula is C20H27N5O2. The molecule has 2 amide bonds. The molecule has 0 spiro atoms. The van der Waals surface area contributed by atoms with E-state index in [1.54, 1.807) is 4.68 Å². The normalized spacial score (nSPS) is 19.1. The predicted molar refractivity (Wildman–Crippen MR) is 106 cm³/mol. The number of rotatable bonds is 6. The van der Waals surface area contributed by atoms with Gasteiger partial charge in [-0.3, -0.25) is 14.3 Å². The lowest BCUT2D eigenvalue weighted by molar-refractivity contribution is -0.119. The first-order valence-corrected chi connectivity index (χ1v) is 9.39. The molecular weight excluding hydrogens is 342 g/mol. The summed E-state index contributed by atoms with van der Waals surface area (Å²) < 4.78 is 1.76. The number of benzene rings is 1. The van der Waals surface area contributed by atoms with Gasteiger partial charge in [-0.15, -0.1) is 0 Å². The van der Waals surface area contributed by atoms with Crippen molar-refractivity contribution in [1.29, 1.82) is 0 Å². The van der Waals surface area contributed by atoms with Gasteiger partial charge in [-0.1, -0.05) is 13.0 Å². The van der Waals surface area contributed by atoms with E-state index < -0.39 is 0 Å². The van der Waals surface area contributed by atoms with Crippen molar-refractivity contribution in [2.75, 3.05) is 23.7 Å². The van der Waals surface area contributed by atoms with Crippen LogP contribution >= 0.6 is 0 Å². The molecule has 7 heteroatoms. The maximum atomic E-state index is 12.9. The zero-order chi connectivity index (χ0) is 19.4. The van der Waals surface area contributed by atoms with Crippen molar-refractivity contribution in [3.8, 4) is 0 Å². The Labute approximate surface area is 159 Å². The molecule has 2 atom stereocenters. The van der Waals surface area contributed by atoms with E-state index in [4.69, 9.17) is 0 Å². The first-order chi connectivity index (χ1) is 13.0. The first-order valence-electron chi connectivity index (χ1n) is 9.39. The van der Waals surface area contributed by atoms with E-state index in [2.05, 4.69) is 21.0 Å². The van der Waals surface area contributed by atoms with Crippen molar-refractivity contribution in [3.05, 3.63) is 41.7 Å². The van der Waals surface area contributed by atoms with Crippen LogP contribution in [-0.4, -0.2) is 34.7 Å². The Hall–Kier alpha value is -2.67. The summed E-state index contributed by atoms with van der Waals surface area (Å²) in [7, 11) is 1.88. The highest BCUT2D eigenvalue weighted by Crippen LogP contribution is 2.30. The fourth-order valence-electron chi connectivity index (χ4n) is 3.51. The van der Waals surface area contributed by atoms with E-state index >= 15 is 0 Å². The van der Waals surface area contributed by atoms with E-state index in [1.165, 1.54) is 0 Å². The van der Waals surface area contributed by atoms with Gasteiger partial charge in [-0.2, -0.15) is 5.10 Å². The van der Waals surface area contributed by atoms with Crippen molar-refractivity contribution < 1.29 is 9.59 Å². The standard InChI is InChI=1S/C20H27N5O2/c1-4-6-19(26)23-17-7-5-8-18(13(17)2)24-20(27)16-11-21-10-15(16)14-9-22-25(3)12-14/h5,7-9,12,15-16,21H,4,6,10-11H2,1-3H3,(H,23,26)(H,24,27)/t15-,16+/m1/s1. The minimum atomic E-state index is -0.160. The Morgan fingerprint density at radius 3 is 2.67 bits per heavy atom. The molecule has 0 bridgehead atoms. The Balaban J connectivity index is 1.73. The van der Waals surface area contributed by atoms with E-state index in [-0.39, 0.29) is 23.7 Å². The number of amides is 2. The highest BCUT2D eigenvalue weighted by molar-refractivity contribution is 5.97. The topological polar surface area (TPSA) is 88.1 Å². The van der Waals surface area contributed by atoms with Crippen molar-refractivity contribution >= 4 is 23.2 Å². The largest absolute Gasteiger partial charge is 0.326 e. The summed E-state index contributed by atoms with van der Waals surface area (Å²) in [5.41, 5.74) is 3.39. The molecule has 0 radical (unpaired) electrons. The molecule has 7 nitrogen and oxygen atoms in total. The van der Waals surface area contributed by atoms with Crippen molar-refractivity contribution in [3.63, 3.8) is 0 Å². The van der Waals surface area contributed by atoms with Crippen LogP contribution in [0, 0.1) is 12.8 Å². The van der Waals surface area contributed by atoms with Gasteiger partial charge in [0.2, 0.25) is 11.8 Å². The van der Waals surface area contributed by atoms with E-state index in [0.717, 1.165) is 35.5 Å². The fourth-order valence-corrected chi connectivity index (χ4v) is 3.51. The number of carbonyl (C=O) groups excluding carboxylic acids is 2. The molecule has 0 unspecified atom stereocenters. The second kappa shape index (κ2) is 8.35. The third kappa shape index (κ3) is 4.36. The number of anilines is 2. The number of nitrogens with zero attached hydrogens (tertiary/aromatic N) is 2. The molecule has 1 fully saturated rings. The molecule has 1 aromatic carbocycles. The lowest BCUT2D eigenvalue weighted by Gasteiger charge is -2.19. The third-order valence-electron chi connectivity index (χ3n) is 5.05. The average molecular weight is 369 g/mol. The van der Waals surface area contributed by atoms with Gasteiger partial charge >= 0.3 is 0 Å². The summed E-state index contributed by atoms with van der Waals surface area (Å²) >= 11 is 0. The smallest absolute Gasteiger partial charge is 0.229 e. The molecule has 1 aliphatic heterocycles. The van der Waals surface area contributed by atoms with Crippen LogP contribution in [0.1, 0.15) is 36.8 Å². The number of aryl methyl sites for hydroxylation is 1. The molecule has 27 heavy (non-hydrogen) atoms.